The minimum Gasteiger partial charge on any atom is -0.455 e. The van der Waals surface area contributed by atoms with Crippen molar-refractivity contribution in [1.29, 1.82) is 0 Å². The zero-order chi connectivity index (χ0) is 40.7. The Morgan fingerprint density at radius 1 is 0.403 bits per heavy atom. The molecule has 10 aromatic carbocycles. The largest absolute Gasteiger partial charge is 0.455 e. The van der Waals surface area contributed by atoms with Crippen molar-refractivity contribution in [1.82, 2.24) is 4.57 Å². The minimum atomic E-state index is 0.863. The minimum absolute atomic E-state index is 0.863. The third kappa shape index (κ3) is 5.37. The molecule has 0 unspecified atom stereocenters. The lowest BCUT2D eigenvalue weighted by Gasteiger charge is -2.28. The molecular formula is C58H36N2OS. The number of hydrogen-bond acceptors (Lipinski definition) is 3. The fraction of sp³-hybridized carbons (Fsp3) is 0. The Bertz CT molecular complexity index is 3830. The van der Waals surface area contributed by atoms with Crippen molar-refractivity contribution in [2.45, 2.75) is 0 Å². The summed E-state index contributed by atoms with van der Waals surface area (Å²) >= 11 is 1.86. The number of benzene rings is 10. The molecule has 3 aromatic heterocycles. The van der Waals surface area contributed by atoms with E-state index in [0.29, 0.717) is 0 Å². The summed E-state index contributed by atoms with van der Waals surface area (Å²) in [7, 11) is 0. The highest BCUT2D eigenvalue weighted by Crippen LogP contribution is 2.48. The predicted molar refractivity (Wildman–Crippen MR) is 264 cm³/mol. The van der Waals surface area contributed by atoms with Crippen LogP contribution in [0.4, 0.5) is 17.1 Å². The Kier molecular flexibility index (Phi) is 7.78. The van der Waals surface area contributed by atoms with E-state index < -0.39 is 0 Å². The van der Waals surface area contributed by atoms with Crippen LogP contribution in [0, 0.1) is 0 Å². The van der Waals surface area contributed by atoms with Gasteiger partial charge in [0.1, 0.15) is 11.2 Å². The number of rotatable bonds is 6. The van der Waals surface area contributed by atoms with E-state index in [1.807, 2.05) is 11.3 Å². The first-order chi connectivity index (χ1) is 30.7. The number of para-hydroxylation sites is 3. The summed E-state index contributed by atoms with van der Waals surface area (Å²) in [4.78, 5) is 2.43. The third-order valence-electron chi connectivity index (χ3n) is 12.6. The summed E-state index contributed by atoms with van der Waals surface area (Å²) in [5.41, 5.74) is 13.2. The maximum absolute atomic E-state index is 6.77. The predicted octanol–water partition coefficient (Wildman–Crippen LogP) is 17.0. The first kappa shape index (κ1) is 34.9. The Labute approximate surface area is 361 Å². The average molecular weight is 809 g/mol. The fourth-order valence-electron chi connectivity index (χ4n) is 9.76. The summed E-state index contributed by atoms with van der Waals surface area (Å²) in [6, 6.07) is 79.2. The summed E-state index contributed by atoms with van der Waals surface area (Å²) in [5.74, 6) is 0. The Hall–Kier alpha value is -7.92. The second-order valence-corrected chi connectivity index (χ2v) is 17.1. The first-order valence-corrected chi connectivity index (χ1v) is 21.9. The lowest BCUT2D eigenvalue weighted by molar-refractivity contribution is 0.672. The smallest absolute Gasteiger partial charge is 0.143 e. The van der Waals surface area contributed by atoms with Crippen LogP contribution in [0.25, 0.3) is 103 Å². The lowest BCUT2D eigenvalue weighted by atomic mass is 9.99. The number of anilines is 3. The number of thiophene rings is 1. The van der Waals surface area contributed by atoms with Crippen LogP contribution < -0.4 is 4.90 Å². The summed E-state index contributed by atoms with van der Waals surface area (Å²) in [6.45, 7) is 0. The van der Waals surface area contributed by atoms with Crippen LogP contribution >= 0.6 is 11.3 Å². The molecule has 0 radical (unpaired) electrons. The van der Waals surface area contributed by atoms with Crippen molar-refractivity contribution in [2.24, 2.45) is 0 Å². The molecule has 0 saturated carbocycles. The number of aromatic nitrogens is 1. The Balaban J connectivity index is 0.990. The maximum atomic E-state index is 6.77. The molecule has 0 aliphatic rings. The van der Waals surface area contributed by atoms with Crippen molar-refractivity contribution >= 4 is 103 Å². The van der Waals surface area contributed by atoms with Gasteiger partial charge in [-0.15, -0.1) is 11.3 Å². The second kappa shape index (κ2) is 13.8. The number of nitrogens with zero attached hydrogens (tertiary/aromatic N) is 2. The number of furan rings is 1. The molecule has 13 aromatic rings. The van der Waals surface area contributed by atoms with Crippen LogP contribution in [-0.2, 0) is 0 Å². The molecule has 3 nitrogen and oxygen atoms in total. The molecule has 0 saturated heterocycles. The third-order valence-corrected chi connectivity index (χ3v) is 13.7. The van der Waals surface area contributed by atoms with Gasteiger partial charge in [0.05, 0.1) is 27.8 Å². The van der Waals surface area contributed by atoms with Crippen molar-refractivity contribution in [3.63, 3.8) is 0 Å². The van der Waals surface area contributed by atoms with Gasteiger partial charge in [-0.05, 0) is 94.9 Å². The quantitative estimate of drug-likeness (QED) is 0.167. The van der Waals surface area contributed by atoms with Crippen LogP contribution in [0.1, 0.15) is 0 Å². The van der Waals surface area contributed by atoms with Crippen molar-refractivity contribution in [2.75, 3.05) is 4.90 Å². The summed E-state index contributed by atoms with van der Waals surface area (Å²) < 4.78 is 11.7. The zero-order valence-corrected chi connectivity index (χ0v) is 34.3. The van der Waals surface area contributed by atoms with E-state index in [1.165, 1.54) is 47.5 Å². The SMILES string of the molecule is c1cc(-c2ccc(N(c3ccccc3-c3ccc4c(c3)sc3ccccc34)c3cccc4oc5c6ccccc6ccc5c34)cc2)cc(-n2c3ccccc3c3ccccc32)c1. The summed E-state index contributed by atoms with van der Waals surface area (Å²) in [6.07, 6.45) is 0. The van der Waals surface area contributed by atoms with Gasteiger partial charge in [0.2, 0.25) is 0 Å². The van der Waals surface area contributed by atoms with E-state index in [2.05, 4.69) is 228 Å². The molecule has 0 aliphatic heterocycles. The highest BCUT2D eigenvalue weighted by Gasteiger charge is 2.23. The van der Waals surface area contributed by atoms with Crippen LogP contribution in [0.3, 0.4) is 0 Å². The van der Waals surface area contributed by atoms with Gasteiger partial charge in [-0.1, -0.05) is 146 Å². The fourth-order valence-corrected chi connectivity index (χ4v) is 10.9. The van der Waals surface area contributed by atoms with E-state index in [-0.39, 0.29) is 0 Å². The van der Waals surface area contributed by atoms with Gasteiger partial charge in [-0.2, -0.15) is 0 Å². The number of fused-ring (bicyclic) bond motifs is 11. The number of hydrogen-bond donors (Lipinski definition) is 0. The van der Waals surface area contributed by atoms with E-state index in [9.17, 15) is 0 Å². The second-order valence-electron chi connectivity index (χ2n) is 16.0. The monoisotopic (exact) mass is 808 g/mol. The van der Waals surface area contributed by atoms with E-state index in [0.717, 1.165) is 72.2 Å². The van der Waals surface area contributed by atoms with Crippen LogP contribution in [-0.4, -0.2) is 4.57 Å². The first-order valence-electron chi connectivity index (χ1n) is 21.1. The van der Waals surface area contributed by atoms with Gasteiger partial charge in [0.25, 0.3) is 0 Å². The normalized spacial score (nSPS) is 11.9. The van der Waals surface area contributed by atoms with Gasteiger partial charge in [0, 0.05) is 58.7 Å². The molecule has 290 valence electrons. The Morgan fingerprint density at radius 2 is 1.05 bits per heavy atom. The molecular weight excluding hydrogens is 773 g/mol. The molecule has 3 heterocycles. The molecule has 62 heavy (non-hydrogen) atoms. The standard InChI is InChI=1S/C58H36N2OS/c1-2-17-44-38(13-1)29-34-49-57-53(24-12-25-54(57)61-58(44)49)59(50-21-7-3-16-43(50)40-30-33-48-47-20-6-10-26-55(47)62-56(48)36-40)41-31-27-37(28-32-41)39-14-11-15-42(35-39)60-51-22-8-4-18-45(51)46-19-5-9-23-52(46)60/h1-36H. The van der Waals surface area contributed by atoms with Crippen LogP contribution in [0.15, 0.2) is 223 Å². The van der Waals surface area contributed by atoms with Gasteiger partial charge in [-0.3, -0.25) is 0 Å². The zero-order valence-electron chi connectivity index (χ0n) is 33.5. The van der Waals surface area contributed by atoms with Crippen molar-refractivity contribution in [3.05, 3.63) is 218 Å². The molecule has 0 aliphatic carbocycles. The van der Waals surface area contributed by atoms with Gasteiger partial charge < -0.3 is 13.9 Å². The van der Waals surface area contributed by atoms with Gasteiger partial charge in [-0.25, -0.2) is 0 Å². The molecule has 0 atom stereocenters. The van der Waals surface area contributed by atoms with Gasteiger partial charge >= 0.3 is 0 Å². The van der Waals surface area contributed by atoms with Crippen LogP contribution in [0.2, 0.25) is 0 Å². The molecule has 0 fully saturated rings. The average Bonchev–Trinajstić information content (AvgIpc) is 4.02. The highest BCUT2D eigenvalue weighted by atomic mass is 32.1. The molecule has 13 rings (SSSR count). The van der Waals surface area contributed by atoms with Gasteiger partial charge in [0.15, 0.2) is 0 Å². The molecule has 0 bridgehead atoms. The summed E-state index contributed by atoms with van der Waals surface area (Å²) in [5, 5.41) is 9.59. The maximum Gasteiger partial charge on any atom is 0.143 e. The van der Waals surface area contributed by atoms with Crippen molar-refractivity contribution in [3.8, 4) is 27.9 Å². The van der Waals surface area contributed by atoms with E-state index in [4.69, 9.17) is 4.42 Å². The molecule has 0 spiro atoms. The van der Waals surface area contributed by atoms with E-state index >= 15 is 0 Å². The molecule has 4 heteroatoms. The lowest BCUT2D eigenvalue weighted by Crippen LogP contribution is -2.11. The van der Waals surface area contributed by atoms with Crippen LogP contribution in [0.5, 0.6) is 0 Å². The van der Waals surface area contributed by atoms with Crippen molar-refractivity contribution < 1.29 is 4.42 Å². The van der Waals surface area contributed by atoms with E-state index in [1.54, 1.807) is 0 Å². The highest BCUT2D eigenvalue weighted by molar-refractivity contribution is 7.25. The topological polar surface area (TPSA) is 21.3 Å². The Morgan fingerprint density at radius 3 is 1.89 bits per heavy atom. The molecule has 0 amide bonds. The molecule has 0 N–H and O–H groups in total.